The smallest absolute Gasteiger partial charge is 0.462 e. The van der Waals surface area contributed by atoms with Gasteiger partial charge in [-0.05, 0) is 44.9 Å². The SMILES string of the molecule is CCCCCCCCCCCCCCCCCCC(=O)OC[C@H](COP(=O)(O)O)OC(=O)CCC/C=C\C/C=C\C/C=C\CC1OC1CCCCC. The summed E-state index contributed by atoms with van der Waals surface area (Å²) in [7, 11) is -4.77. The van der Waals surface area contributed by atoms with E-state index in [9.17, 15) is 14.2 Å². The molecule has 0 saturated carbocycles. The zero-order chi connectivity index (χ0) is 38.0. The number of rotatable bonds is 37. The highest BCUT2D eigenvalue weighted by Crippen LogP contribution is 2.36. The topological polar surface area (TPSA) is 132 Å². The molecule has 0 aromatic carbocycles. The van der Waals surface area contributed by atoms with Gasteiger partial charge in [0.05, 0.1) is 18.8 Å². The van der Waals surface area contributed by atoms with E-state index in [4.69, 9.17) is 24.0 Å². The van der Waals surface area contributed by atoms with Gasteiger partial charge >= 0.3 is 19.8 Å². The molecule has 1 heterocycles. The highest BCUT2D eigenvalue weighted by molar-refractivity contribution is 7.46. The van der Waals surface area contributed by atoms with E-state index in [2.05, 4.69) is 48.8 Å². The molecule has 1 aliphatic heterocycles. The average molecular weight is 755 g/mol. The normalized spacial score (nSPS) is 16.7. The van der Waals surface area contributed by atoms with Gasteiger partial charge in [-0.25, -0.2) is 4.57 Å². The van der Waals surface area contributed by atoms with Crippen LogP contribution in [-0.4, -0.2) is 53.3 Å². The standard InChI is InChI=1S/C42H75O9P/c1-3-5-7-8-9-10-11-12-13-14-15-16-20-23-26-30-34-41(43)48-36-38(37-49-52(45,46)47)50-42(44)35-31-27-24-21-18-17-19-22-25-29-33-40-39(51-40)32-28-6-4-2/h17,19,21,24-25,29,38-40H,3-16,18,20,22-23,26-28,30-37H2,1-2H3,(H2,45,46,47)/b19-17-,24-21-,29-25-/t38-,39?,40?/m1/s1. The van der Waals surface area contributed by atoms with Crippen LogP contribution in [0, 0.1) is 0 Å². The number of esters is 2. The fraction of sp³-hybridized carbons (Fsp3) is 0.810. The summed E-state index contributed by atoms with van der Waals surface area (Å²) in [5.74, 6) is -0.950. The lowest BCUT2D eigenvalue weighted by Gasteiger charge is -2.18. The molecular formula is C42H75O9P. The maximum absolute atomic E-state index is 12.4. The van der Waals surface area contributed by atoms with E-state index in [1.54, 1.807) is 0 Å². The third-order valence-corrected chi connectivity index (χ3v) is 9.82. The number of phosphoric acid groups is 1. The second-order valence-corrected chi connectivity index (χ2v) is 15.6. The first-order chi connectivity index (χ1) is 25.2. The van der Waals surface area contributed by atoms with Crippen molar-refractivity contribution in [2.24, 2.45) is 0 Å². The lowest BCUT2D eigenvalue weighted by molar-refractivity contribution is -0.161. The molecule has 0 amide bonds. The van der Waals surface area contributed by atoms with E-state index in [1.807, 2.05) is 6.08 Å². The Labute approximate surface area is 317 Å². The summed E-state index contributed by atoms with van der Waals surface area (Å²) in [5, 5.41) is 0. The van der Waals surface area contributed by atoms with Gasteiger partial charge in [-0.3, -0.25) is 14.1 Å². The molecule has 0 radical (unpaired) electrons. The van der Waals surface area contributed by atoms with Crippen molar-refractivity contribution in [1.29, 1.82) is 0 Å². The fourth-order valence-electron chi connectivity index (χ4n) is 6.11. The molecule has 1 fully saturated rings. The minimum Gasteiger partial charge on any atom is -0.462 e. The summed E-state index contributed by atoms with van der Waals surface area (Å²) in [5.41, 5.74) is 0. The molecule has 2 N–H and O–H groups in total. The fourth-order valence-corrected chi connectivity index (χ4v) is 6.47. The Bertz CT molecular complexity index is 1010. The van der Waals surface area contributed by atoms with Crippen molar-refractivity contribution >= 4 is 19.8 Å². The van der Waals surface area contributed by atoms with Crippen LogP contribution in [0.4, 0.5) is 0 Å². The second kappa shape index (κ2) is 33.8. The predicted molar refractivity (Wildman–Crippen MR) is 211 cm³/mol. The second-order valence-electron chi connectivity index (χ2n) is 14.4. The first-order valence-electron chi connectivity index (χ1n) is 20.9. The number of carbonyl (C=O) groups excluding carboxylic acids is 2. The van der Waals surface area contributed by atoms with Crippen molar-refractivity contribution in [2.75, 3.05) is 13.2 Å². The van der Waals surface area contributed by atoms with Gasteiger partial charge in [0.2, 0.25) is 0 Å². The van der Waals surface area contributed by atoms with Crippen LogP contribution in [0.1, 0.15) is 187 Å². The number of ether oxygens (including phenoxy) is 3. The van der Waals surface area contributed by atoms with Gasteiger partial charge in [-0.1, -0.05) is 166 Å². The number of hydrogen-bond donors (Lipinski definition) is 2. The van der Waals surface area contributed by atoms with E-state index in [-0.39, 0.29) is 19.4 Å². The minimum absolute atomic E-state index is 0.134. The Morgan fingerprint density at radius 1 is 0.615 bits per heavy atom. The number of unbranched alkanes of at least 4 members (excludes halogenated alkanes) is 18. The molecule has 0 aromatic heterocycles. The summed E-state index contributed by atoms with van der Waals surface area (Å²) >= 11 is 0. The first-order valence-corrected chi connectivity index (χ1v) is 22.4. The van der Waals surface area contributed by atoms with Gasteiger partial charge in [0.15, 0.2) is 6.10 Å². The van der Waals surface area contributed by atoms with Crippen molar-refractivity contribution in [2.45, 2.75) is 206 Å². The van der Waals surface area contributed by atoms with Crippen LogP contribution in [0.5, 0.6) is 0 Å². The molecule has 0 aromatic rings. The van der Waals surface area contributed by atoms with Gasteiger partial charge in [0.25, 0.3) is 0 Å². The molecule has 1 rings (SSSR count). The third kappa shape index (κ3) is 32.8. The van der Waals surface area contributed by atoms with E-state index in [0.717, 1.165) is 38.5 Å². The Morgan fingerprint density at radius 3 is 1.69 bits per heavy atom. The van der Waals surface area contributed by atoms with Gasteiger partial charge in [-0.2, -0.15) is 0 Å². The largest absolute Gasteiger partial charge is 0.469 e. The Morgan fingerprint density at radius 2 is 1.12 bits per heavy atom. The van der Waals surface area contributed by atoms with Crippen molar-refractivity contribution in [3.8, 4) is 0 Å². The van der Waals surface area contributed by atoms with Crippen molar-refractivity contribution in [3.63, 3.8) is 0 Å². The zero-order valence-corrected chi connectivity index (χ0v) is 33.8. The maximum Gasteiger partial charge on any atom is 0.469 e. The zero-order valence-electron chi connectivity index (χ0n) is 32.9. The number of hydrogen-bond acceptors (Lipinski definition) is 7. The molecule has 10 heteroatoms. The molecule has 1 aliphatic rings. The lowest BCUT2D eigenvalue weighted by Crippen LogP contribution is -2.29. The van der Waals surface area contributed by atoms with E-state index in [1.165, 1.54) is 109 Å². The Balaban J connectivity index is 2.09. The molecule has 3 atom stereocenters. The van der Waals surface area contributed by atoms with Gasteiger partial charge in [-0.15, -0.1) is 0 Å². The minimum atomic E-state index is -4.77. The van der Waals surface area contributed by atoms with Crippen LogP contribution < -0.4 is 0 Å². The number of epoxide rings is 1. The van der Waals surface area contributed by atoms with Crippen LogP contribution in [0.3, 0.4) is 0 Å². The Hall–Kier alpha value is -1.77. The summed E-state index contributed by atoms with van der Waals surface area (Å²) in [6.45, 7) is 3.61. The van der Waals surface area contributed by atoms with Gasteiger partial charge in [0.1, 0.15) is 6.61 Å². The van der Waals surface area contributed by atoms with Crippen molar-refractivity contribution in [1.82, 2.24) is 0 Å². The van der Waals surface area contributed by atoms with E-state index in [0.29, 0.717) is 25.0 Å². The predicted octanol–water partition coefficient (Wildman–Crippen LogP) is 11.6. The molecule has 2 unspecified atom stereocenters. The van der Waals surface area contributed by atoms with Gasteiger partial charge < -0.3 is 24.0 Å². The van der Waals surface area contributed by atoms with Crippen LogP contribution in [0.15, 0.2) is 36.5 Å². The van der Waals surface area contributed by atoms with Crippen molar-refractivity contribution in [3.05, 3.63) is 36.5 Å². The summed E-state index contributed by atoms with van der Waals surface area (Å²) in [6.07, 6.45) is 41.9. The molecule has 302 valence electrons. The summed E-state index contributed by atoms with van der Waals surface area (Å²) in [6, 6.07) is 0. The molecule has 0 bridgehead atoms. The molecule has 1 saturated heterocycles. The van der Waals surface area contributed by atoms with E-state index < -0.39 is 32.5 Å². The molecular weight excluding hydrogens is 679 g/mol. The summed E-state index contributed by atoms with van der Waals surface area (Å²) in [4.78, 5) is 42.8. The van der Waals surface area contributed by atoms with Crippen LogP contribution in [0.25, 0.3) is 0 Å². The lowest BCUT2D eigenvalue weighted by atomic mass is 10.0. The highest BCUT2D eigenvalue weighted by Gasteiger charge is 2.36. The third-order valence-electron chi connectivity index (χ3n) is 9.34. The highest BCUT2D eigenvalue weighted by atomic mass is 31.2. The molecule has 52 heavy (non-hydrogen) atoms. The van der Waals surface area contributed by atoms with Gasteiger partial charge in [0, 0.05) is 12.8 Å². The number of allylic oxidation sites excluding steroid dienone is 5. The van der Waals surface area contributed by atoms with E-state index >= 15 is 0 Å². The number of carbonyl (C=O) groups is 2. The molecule has 9 nitrogen and oxygen atoms in total. The molecule has 0 aliphatic carbocycles. The number of phosphoric ester groups is 1. The van der Waals surface area contributed by atoms with Crippen LogP contribution >= 0.6 is 7.82 Å². The quantitative estimate of drug-likeness (QED) is 0.0209. The summed E-state index contributed by atoms with van der Waals surface area (Å²) < 4.78 is 32.0. The monoisotopic (exact) mass is 755 g/mol. The Kier molecular flexibility index (Phi) is 31.3. The van der Waals surface area contributed by atoms with Crippen LogP contribution in [0.2, 0.25) is 0 Å². The first kappa shape index (κ1) is 48.2. The maximum atomic E-state index is 12.4. The average Bonchev–Trinajstić information content (AvgIpc) is 3.87. The van der Waals surface area contributed by atoms with Crippen LogP contribution in [-0.2, 0) is 32.9 Å². The molecule has 0 spiro atoms. The van der Waals surface area contributed by atoms with Crippen molar-refractivity contribution < 1.29 is 42.7 Å².